The Kier molecular flexibility index (Phi) is 2.98. The van der Waals surface area contributed by atoms with Crippen LogP contribution in [-0.2, 0) is 6.61 Å². The molecule has 1 rings (SSSR count). The Balaban J connectivity index is 3.34. The molecule has 0 saturated carbocycles. The van der Waals surface area contributed by atoms with Crippen LogP contribution in [0.3, 0.4) is 0 Å². The van der Waals surface area contributed by atoms with Gasteiger partial charge in [-0.2, -0.15) is 4.39 Å². The summed E-state index contributed by atoms with van der Waals surface area (Å²) in [5.74, 6) is -1.28. The molecule has 14 heavy (non-hydrogen) atoms. The van der Waals surface area contributed by atoms with E-state index in [0.717, 1.165) is 6.07 Å². The highest BCUT2D eigenvalue weighted by Gasteiger charge is 2.20. The van der Waals surface area contributed by atoms with Crippen molar-refractivity contribution in [3.8, 4) is 5.75 Å². The highest BCUT2D eigenvalue weighted by molar-refractivity contribution is 5.44. The highest BCUT2D eigenvalue weighted by Crippen LogP contribution is 2.28. The van der Waals surface area contributed by atoms with Crippen LogP contribution in [0.4, 0.5) is 10.1 Å². The van der Waals surface area contributed by atoms with Gasteiger partial charge in [0.15, 0.2) is 5.75 Å². The summed E-state index contributed by atoms with van der Waals surface area (Å²) in [5, 5.41) is 19.1. The molecule has 1 N–H and O–H groups in total. The van der Waals surface area contributed by atoms with Crippen molar-refractivity contribution >= 4 is 5.69 Å². The molecular weight excluding hydrogens is 193 g/mol. The summed E-state index contributed by atoms with van der Waals surface area (Å²) in [6.07, 6.45) is 0. The molecule has 0 bridgehead atoms. The number of halogens is 1. The van der Waals surface area contributed by atoms with Crippen LogP contribution in [0.15, 0.2) is 12.1 Å². The van der Waals surface area contributed by atoms with Gasteiger partial charge in [0.05, 0.1) is 18.6 Å². The molecule has 0 radical (unpaired) electrons. The van der Waals surface area contributed by atoms with Crippen molar-refractivity contribution in [1.29, 1.82) is 0 Å². The summed E-state index contributed by atoms with van der Waals surface area (Å²) < 4.78 is 17.8. The summed E-state index contributed by atoms with van der Waals surface area (Å²) in [4.78, 5) is 9.52. The highest BCUT2D eigenvalue weighted by atomic mass is 19.1. The van der Waals surface area contributed by atoms with E-state index >= 15 is 0 Å². The predicted molar refractivity (Wildman–Crippen MR) is 45.5 cm³/mol. The third-order valence-electron chi connectivity index (χ3n) is 1.68. The van der Waals surface area contributed by atoms with E-state index in [-0.39, 0.29) is 11.3 Å². The van der Waals surface area contributed by atoms with Crippen LogP contribution in [0.1, 0.15) is 5.56 Å². The molecule has 0 amide bonds. The molecule has 76 valence electrons. The SMILES string of the molecule is COc1cc(CO)cc([N+](=O)[O-])c1F. The lowest BCUT2D eigenvalue weighted by molar-refractivity contribution is -0.387. The molecule has 0 fully saturated rings. The van der Waals surface area contributed by atoms with Crippen molar-refractivity contribution in [3.63, 3.8) is 0 Å². The first-order chi connectivity index (χ1) is 6.60. The van der Waals surface area contributed by atoms with E-state index in [0.29, 0.717) is 0 Å². The lowest BCUT2D eigenvalue weighted by Crippen LogP contribution is -1.98. The number of ether oxygens (including phenoxy) is 1. The molecule has 0 aliphatic rings. The Bertz CT molecular complexity index is 367. The van der Waals surface area contributed by atoms with Crippen LogP contribution < -0.4 is 4.74 Å². The fraction of sp³-hybridized carbons (Fsp3) is 0.250. The Morgan fingerprint density at radius 3 is 2.71 bits per heavy atom. The molecule has 0 heterocycles. The van der Waals surface area contributed by atoms with Gasteiger partial charge in [-0.3, -0.25) is 10.1 Å². The van der Waals surface area contributed by atoms with E-state index in [2.05, 4.69) is 4.74 Å². The summed E-state index contributed by atoms with van der Waals surface area (Å²) in [6, 6.07) is 2.18. The van der Waals surface area contributed by atoms with Gasteiger partial charge in [-0.1, -0.05) is 0 Å². The van der Waals surface area contributed by atoms with Crippen LogP contribution in [0.25, 0.3) is 0 Å². The van der Waals surface area contributed by atoms with Gasteiger partial charge in [-0.05, 0) is 11.6 Å². The zero-order valence-corrected chi connectivity index (χ0v) is 7.36. The van der Waals surface area contributed by atoms with Crippen LogP contribution in [0.2, 0.25) is 0 Å². The lowest BCUT2D eigenvalue weighted by Gasteiger charge is -2.04. The Morgan fingerprint density at radius 1 is 1.64 bits per heavy atom. The van der Waals surface area contributed by atoms with Gasteiger partial charge >= 0.3 is 5.69 Å². The average molecular weight is 201 g/mol. The third kappa shape index (κ3) is 1.80. The fourth-order valence-electron chi connectivity index (χ4n) is 1.01. The summed E-state index contributed by atoms with van der Waals surface area (Å²) >= 11 is 0. The monoisotopic (exact) mass is 201 g/mol. The lowest BCUT2D eigenvalue weighted by atomic mass is 10.2. The molecule has 0 unspecified atom stereocenters. The Hall–Kier alpha value is -1.69. The minimum atomic E-state index is -1.03. The van der Waals surface area contributed by atoms with E-state index in [4.69, 9.17) is 5.11 Å². The van der Waals surface area contributed by atoms with Gasteiger partial charge in [0, 0.05) is 6.07 Å². The first-order valence-corrected chi connectivity index (χ1v) is 3.71. The molecule has 0 aliphatic heterocycles. The molecule has 0 spiro atoms. The van der Waals surface area contributed by atoms with Gasteiger partial charge in [0.25, 0.3) is 0 Å². The molecule has 0 saturated heterocycles. The van der Waals surface area contributed by atoms with Gasteiger partial charge in [0.1, 0.15) is 0 Å². The number of aliphatic hydroxyl groups is 1. The van der Waals surface area contributed by atoms with Gasteiger partial charge in [0.2, 0.25) is 5.82 Å². The second kappa shape index (κ2) is 4.01. The second-order valence-electron chi connectivity index (χ2n) is 2.55. The quantitative estimate of drug-likeness (QED) is 0.589. The van der Waals surface area contributed by atoms with Gasteiger partial charge in [-0.25, -0.2) is 0 Å². The number of hydrogen-bond acceptors (Lipinski definition) is 4. The maximum Gasteiger partial charge on any atom is 0.309 e. The maximum atomic E-state index is 13.2. The van der Waals surface area contributed by atoms with E-state index < -0.39 is 23.0 Å². The number of hydrogen-bond donors (Lipinski definition) is 1. The largest absolute Gasteiger partial charge is 0.493 e. The number of rotatable bonds is 3. The van der Waals surface area contributed by atoms with Crippen molar-refractivity contribution in [2.24, 2.45) is 0 Å². The Morgan fingerprint density at radius 2 is 2.29 bits per heavy atom. The molecular formula is C8H8FNO4. The molecule has 0 atom stereocenters. The second-order valence-corrected chi connectivity index (χ2v) is 2.55. The van der Waals surface area contributed by atoms with Gasteiger partial charge < -0.3 is 9.84 Å². The Labute approximate surface area is 78.9 Å². The molecule has 0 aliphatic carbocycles. The minimum absolute atomic E-state index is 0.231. The standard InChI is InChI=1S/C8H8FNO4/c1-14-7-3-5(4-11)2-6(8(7)9)10(12)13/h2-3,11H,4H2,1H3. The minimum Gasteiger partial charge on any atom is -0.493 e. The van der Waals surface area contributed by atoms with Crippen molar-refractivity contribution in [2.45, 2.75) is 6.61 Å². The van der Waals surface area contributed by atoms with E-state index in [1.807, 2.05) is 0 Å². The zero-order chi connectivity index (χ0) is 10.7. The van der Waals surface area contributed by atoms with Crippen molar-refractivity contribution < 1.29 is 19.2 Å². The van der Waals surface area contributed by atoms with Crippen LogP contribution in [0, 0.1) is 15.9 Å². The predicted octanol–water partition coefficient (Wildman–Crippen LogP) is 1.23. The molecule has 6 heteroatoms. The van der Waals surface area contributed by atoms with E-state index in [1.54, 1.807) is 0 Å². The summed E-state index contributed by atoms with van der Waals surface area (Å²) in [7, 11) is 1.20. The third-order valence-corrected chi connectivity index (χ3v) is 1.68. The number of methoxy groups -OCH3 is 1. The topological polar surface area (TPSA) is 72.6 Å². The molecule has 1 aromatic carbocycles. The van der Waals surface area contributed by atoms with Crippen LogP contribution in [0.5, 0.6) is 5.75 Å². The van der Waals surface area contributed by atoms with Crippen LogP contribution >= 0.6 is 0 Å². The summed E-state index contributed by atoms with van der Waals surface area (Å²) in [6.45, 7) is -0.405. The van der Waals surface area contributed by atoms with Crippen LogP contribution in [-0.4, -0.2) is 17.1 Å². The zero-order valence-electron chi connectivity index (χ0n) is 7.36. The first-order valence-electron chi connectivity index (χ1n) is 3.71. The summed E-state index contributed by atoms with van der Waals surface area (Å²) in [5.41, 5.74) is -0.469. The normalized spacial score (nSPS) is 9.93. The smallest absolute Gasteiger partial charge is 0.309 e. The van der Waals surface area contributed by atoms with E-state index in [1.165, 1.54) is 13.2 Å². The molecule has 5 nitrogen and oxygen atoms in total. The van der Waals surface area contributed by atoms with E-state index in [9.17, 15) is 14.5 Å². The number of benzene rings is 1. The number of aliphatic hydroxyl groups excluding tert-OH is 1. The average Bonchev–Trinajstić information content (AvgIpc) is 2.17. The molecule has 0 aromatic heterocycles. The number of nitro groups is 1. The first kappa shape index (κ1) is 10.4. The van der Waals surface area contributed by atoms with Crippen molar-refractivity contribution in [2.75, 3.05) is 7.11 Å². The van der Waals surface area contributed by atoms with Gasteiger partial charge in [-0.15, -0.1) is 0 Å². The number of nitrogens with zero attached hydrogens (tertiary/aromatic N) is 1. The fourth-order valence-corrected chi connectivity index (χ4v) is 1.01. The number of nitro benzene ring substituents is 1. The molecule has 1 aromatic rings. The van der Waals surface area contributed by atoms with Crippen molar-refractivity contribution in [1.82, 2.24) is 0 Å². The van der Waals surface area contributed by atoms with Crippen molar-refractivity contribution in [3.05, 3.63) is 33.6 Å². The maximum absolute atomic E-state index is 13.2.